The van der Waals surface area contributed by atoms with Gasteiger partial charge in [0, 0.05) is 30.3 Å². The third-order valence-corrected chi connectivity index (χ3v) is 5.37. The minimum Gasteiger partial charge on any atom is -0.383 e. The van der Waals surface area contributed by atoms with Crippen LogP contribution in [0.25, 0.3) is 0 Å². The highest BCUT2D eigenvalue weighted by Crippen LogP contribution is 2.37. The van der Waals surface area contributed by atoms with Crippen molar-refractivity contribution >= 4 is 11.8 Å². The minimum absolute atomic E-state index is 0.773. The van der Waals surface area contributed by atoms with Gasteiger partial charge in [0.05, 0.1) is 6.61 Å². The van der Waals surface area contributed by atoms with Crippen LogP contribution in [0.3, 0.4) is 0 Å². The maximum atomic E-state index is 5.08. The molecule has 2 nitrogen and oxygen atoms in total. The molecular weight excluding hydrogens is 266 g/mol. The highest BCUT2D eigenvalue weighted by molar-refractivity contribution is 8.00. The first-order valence-electron chi connectivity index (χ1n) is 7.74. The molecule has 0 aromatic heterocycles. The average molecular weight is 293 g/mol. The van der Waals surface area contributed by atoms with Gasteiger partial charge >= 0.3 is 0 Å². The normalized spacial score (nSPS) is 22.9. The van der Waals surface area contributed by atoms with E-state index in [9.17, 15) is 0 Å². The van der Waals surface area contributed by atoms with Gasteiger partial charge in [0.15, 0.2) is 0 Å². The van der Waals surface area contributed by atoms with Crippen molar-refractivity contribution in [3.8, 4) is 0 Å². The van der Waals surface area contributed by atoms with Gasteiger partial charge in [0.25, 0.3) is 0 Å². The van der Waals surface area contributed by atoms with E-state index in [1.807, 2.05) is 0 Å². The van der Waals surface area contributed by atoms with Gasteiger partial charge in [0.1, 0.15) is 0 Å². The molecule has 1 aliphatic rings. The fraction of sp³-hybridized carbons (Fsp3) is 0.647. The second-order valence-corrected chi connectivity index (χ2v) is 7.13. The van der Waals surface area contributed by atoms with Crippen molar-refractivity contribution in [3.05, 3.63) is 29.8 Å². The number of thioether (sulfide) groups is 1. The molecule has 1 aliphatic carbocycles. The van der Waals surface area contributed by atoms with Crippen molar-refractivity contribution in [2.45, 2.75) is 49.3 Å². The van der Waals surface area contributed by atoms with E-state index in [0.717, 1.165) is 30.9 Å². The maximum absolute atomic E-state index is 5.08. The largest absolute Gasteiger partial charge is 0.383 e. The molecule has 1 aromatic rings. The topological polar surface area (TPSA) is 21.3 Å². The van der Waals surface area contributed by atoms with Gasteiger partial charge in [-0.3, -0.25) is 0 Å². The van der Waals surface area contributed by atoms with Gasteiger partial charge < -0.3 is 10.1 Å². The summed E-state index contributed by atoms with van der Waals surface area (Å²) in [6, 6.07) is 8.82. The van der Waals surface area contributed by atoms with Crippen LogP contribution in [0.15, 0.2) is 29.2 Å². The molecule has 2 rings (SSSR count). The molecule has 1 saturated carbocycles. The minimum atomic E-state index is 0.773. The summed E-state index contributed by atoms with van der Waals surface area (Å²) in [5.41, 5.74) is 1.42. The molecule has 0 amide bonds. The number of rotatable bonds is 7. The van der Waals surface area contributed by atoms with Crippen LogP contribution in [0.2, 0.25) is 0 Å². The van der Waals surface area contributed by atoms with Crippen LogP contribution in [-0.4, -0.2) is 25.5 Å². The lowest BCUT2D eigenvalue weighted by Crippen LogP contribution is -2.19. The van der Waals surface area contributed by atoms with Crippen LogP contribution in [0.1, 0.15) is 38.2 Å². The predicted molar refractivity (Wildman–Crippen MR) is 87.3 cm³/mol. The number of hydrogen-bond donors (Lipinski definition) is 1. The summed E-state index contributed by atoms with van der Waals surface area (Å²) < 4.78 is 5.08. The van der Waals surface area contributed by atoms with E-state index >= 15 is 0 Å². The molecule has 0 radical (unpaired) electrons. The van der Waals surface area contributed by atoms with Gasteiger partial charge in [-0.2, -0.15) is 0 Å². The summed E-state index contributed by atoms with van der Waals surface area (Å²) in [4.78, 5) is 1.46. The number of hydrogen-bond acceptors (Lipinski definition) is 3. The van der Waals surface area contributed by atoms with Crippen molar-refractivity contribution in [2.75, 3.05) is 20.3 Å². The van der Waals surface area contributed by atoms with Crippen molar-refractivity contribution in [2.24, 2.45) is 5.92 Å². The summed E-state index contributed by atoms with van der Waals surface area (Å²) in [6.45, 7) is 5.02. The van der Waals surface area contributed by atoms with Gasteiger partial charge in [-0.15, -0.1) is 11.8 Å². The second kappa shape index (κ2) is 8.71. The Bertz CT molecular complexity index is 396. The zero-order valence-corrected chi connectivity index (χ0v) is 13.5. The third-order valence-electron chi connectivity index (χ3n) is 3.95. The molecule has 0 saturated heterocycles. The van der Waals surface area contributed by atoms with Crippen LogP contribution in [0.5, 0.6) is 0 Å². The van der Waals surface area contributed by atoms with Crippen LogP contribution >= 0.6 is 11.8 Å². The molecule has 20 heavy (non-hydrogen) atoms. The van der Waals surface area contributed by atoms with Crippen LogP contribution < -0.4 is 5.32 Å². The second-order valence-electron chi connectivity index (χ2n) is 5.79. The van der Waals surface area contributed by atoms with E-state index in [4.69, 9.17) is 4.74 Å². The fourth-order valence-electron chi connectivity index (χ4n) is 2.83. The van der Waals surface area contributed by atoms with Crippen LogP contribution in [0.4, 0.5) is 0 Å². The molecule has 1 aromatic carbocycles. The number of methoxy groups -OCH3 is 1. The highest BCUT2D eigenvalue weighted by Gasteiger charge is 2.20. The molecular formula is C17H27NOS. The number of ether oxygens (including phenoxy) is 1. The standard InChI is InChI=1S/C17H27NOS/c1-14-6-5-8-16(12-14)20-17-9-4-3-7-15(17)13-18-10-11-19-2/h3-4,7,9,14,16,18H,5-6,8,10-13H2,1-2H3. The van der Waals surface area contributed by atoms with Crippen molar-refractivity contribution in [3.63, 3.8) is 0 Å². The summed E-state index contributed by atoms with van der Waals surface area (Å²) in [7, 11) is 1.75. The first kappa shape index (κ1) is 15.9. The average Bonchev–Trinajstić information content (AvgIpc) is 2.45. The SMILES string of the molecule is COCCNCc1ccccc1SC1CCCC(C)C1. The summed E-state index contributed by atoms with van der Waals surface area (Å²) in [5, 5.41) is 4.26. The van der Waals surface area contributed by atoms with Crippen molar-refractivity contribution < 1.29 is 4.74 Å². The van der Waals surface area contributed by atoms with Gasteiger partial charge in [-0.1, -0.05) is 38.0 Å². The molecule has 0 heterocycles. The Morgan fingerprint density at radius 3 is 2.95 bits per heavy atom. The molecule has 1 fully saturated rings. The number of nitrogens with one attached hydrogen (secondary N) is 1. The van der Waals surface area contributed by atoms with Gasteiger partial charge in [0.2, 0.25) is 0 Å². The Morgan fingerprint density at radius 2 is 2.15 bits per heavy atom. The molecule has 112 valence electrons. The fourth-order valence-corrected chi connectivity index (χ4v) is 4.34. The van der Waals surface area contributed by atoms with Crippen LogP contribution in [-0.2, 0) is 11.3 Å². The maximum Gasteiger partial charge on any atom is 0.0587 e. The molecule has 2 unspecified atom stereocenters. The summed E-state index contributed by atoms with van der Waals surface area (Å²) >= 11 is 2.09. The first-order valence-corrected chi connectivity index (χ1v) is 8.61. The van der Waals surface area contributed by atoms with E-state index in [1.165, 1.54) is 36.1 Å². The highest BCUT2D eigenvalue weighted by atomic mass is 32.2. The van der Waals surface area contributed by atoms with E-state index in [1.54, 1.807) is 7.11 Å². The zero-order chi connectivity index (χ0) is 14.2. The Kier molecular flexibility index (Phi) is 6.91. The molecule has 0 aliphatic heterocycles. The van der Waals surface area contributed by atoms with Crippen molar-refractivity contribution in [1.29, 1.82) is 0 Å². The smallest absolute Gasteiger partial charge is 0.0587 e. The Morgan fingerprint density at radius 1 is 1.30 bits per heavy atom. The number of benzene rings is 1. The third kappa shape index (κ3) is 5.12. The molecule has 3 heteroatoms. The molecule has 0 bridgehead atoms. The van der Waals surface area contributed by atoms with Gasteiger partial charge in [-0.25, -0.2) is 0 Å². The van der Waals surface area contributed by atoms with Crippen LogP contribution in [0, 0.1) is 5.92 Å². The Hall–Kier alpha value is -0.510. The van der Waals surface area contributed by atoms with E-state index in [0.29, 0.717) is 0 Å². The molecule has 0 spiro atoms. The van der Waals surface area contributed by atoms with Crippen molar-refractivity contribution in [1.82, 2.24) is 5.32 Å². The summed E-state index contributed by atoms with van der Waals surface area (Å²) in [6.07, 6.45) is 5.56. The lowest BCUT2D eigenvalue weighted by molar-refractivity contribution is 0.199. The summed E-state index contributed by atoms with van der Waals surface area (Å²) in [5.74, 6) is 0.897. The van der Waals surface area contributed by atoms with Gasteiger partial charge in [-0.05, 0) is 30.4 Å². The monoisotopic (exact) mass is 293 g/mol. The molecule has 1 N–H and O–H groups in total. The molecule has 2 atom stereocenters. The Balaban J connectivity index is 1.89. The van der Waals surface area contributed by atoms with E-state index in [2.05, 4.69) is 48.3 Å². The Labute approximate surface area is 127 Å². The quantitative estimate of drug-likeness (QED) is 0.765. The lowest BCUT2D eigenvalue weighted by atomic mass is 9.91. The first-order chi connectivity index (χ1) is 9.79. The zero-order valence-electron chi connectivity index (χ0n) is 12.7. The van der Waals surface area contributed by atoms with E-state index in [-0.39, 0.29) is 0 Å². The van der Waals surface area contributed by atoms with E-state index < -0.39 is 0 Å². The lowest BCUT2D eigenvalue weighted by Gasteiger charge is -2.26. The predicted octanol–water partition coefficient (Wildman–Crippen LogP) is 4.09.